The number of nitrogens with one attached hydrogen (secondary N) is 1. The molecule has 1 aromatic heterocycles. The minimum Gasteiger partial charge on any atom is -0.368 e. The molecule has 1 saturated heterocycles. The van der Waals surface area contributed by atoms with Crippen LogP contribution in [0.5, 0.6) is 0 Å². The zero-order valence-electron chi connectivity index (χ0n) is 14.8. The summed E-state index contributed by atoms with van der Waals surface area (Å²) in [5, 5.41) is 3.05. The van der Waals surface area contributed by atoms with Crippen LogP contribution < -0.4 is 11.1 Å². The third-order valence-electron chi connectivity index (χ3n) is 4.69. The van der Waals surface area contributed by atoms with Crippen LogP contribution >= 0.6 is 0 Å². The third-order valence-corrected chi connectivity index (χ3v) is 4.69. The van der Waals surface area contributed by atoms with Gasteiger partial charge in [0.1, 0.15) is 11.6 Å². The molecule has 2 aromatic carbocycles. The van der Waals surface area contributed by atoms with Crippen LogP contribution in [0.4, 0.5) is 22.0 Å². The van der Waals surface area contributed by atoms with E-state index in [0.717, 1.165) is 19.4 Å². The van der Waals surface area contributed by atoms with Gasteiger partial charge in [0.2, 0.25) is 11.9 Å². The van der Waals surface area contributed by atoms with Gasteiger partial charge < -0.3 is 11.1 Å². The zero-order valence-corrected chi connectivity index (χ0v) is 14.8. The first-order chi connectivity index (χ1) is 13.2. The molecule has 1 unspecified atom stereocenters. The van der Waals surface area contributed by atoms with Crippen molar-refractivity contribution in [2.24, 2.45) is 0 Å². The van der Waals surface area contributed by atoms with Gasteiger partial charge in [0.25, 0.3) is 0 Å². The fourth-order valence-electron chi connectivity index (χ4n) is 3.48. The highest BCUT2D eigenvalue weighted by Gasteiger charge is 2.26. The largest absolute Gasteiger partial charge is 0.368 e. The van der Waals surface area contributed by atoms with Gasteiger partial charge in [-0.25, -0.2) is 4.39 Å². The average molecular weight is 364 g/mol. The van der Waals surface area contributed by atoms with Crippen LogP contribution in [0.1, 0.15) is 30.3 Å². The SMILES string of the molecule is Nc1nc(CN2CCCC2c2ccccc2)nc(Nc2ccc(F)cc2)n1. The molecule has 0 bridgehead atoms. The number of hydrogen-bond donors (Lipinski definition) is 2. The first kappa shape index (κ1) is 17.4. The van der Waals surface area contributed by atoms with Crippen LogP contribution in [0, 0.1) is 5.82 Å². The number of anilines is 3. The summed E-state index contributed by atoms with van der Waals surface area (Å²) in [6.45, 7) is 1.59. The highest BCUT2D eigenvalue weighted by Crippen LogP contribution is 2.32. The smallest absolute Gasteiger partial charge is 0.232 e. The lowest BCUT2D eigenvalue weighted by Gasteiger charge is -2.24. The Morgan fingerprint density at radius 3 is 2.59 bits per heavy atom. The van der Waals surface area contributed by atoms with E-state index in [4.69, 9.17) is 5.73 Å². The van der Waals surface area contributed by atoms with Gasteiger partial charge in [-0.1, -0.05) is 30.3 Å². The van der Waals surface area contributed by atoms with Gasteiger partial charge in [-0.15, -0.1) is 0 Å². The van der Waals surface area contributed by atoms with E-state index in [0.29, 0.717) is 30.0 Å². The normalized spacial score (nSPS) is 17.1. The third kappa shape index (κ3) is 4.20. The number of aromatic nitrogens is 3. The maximum Gasteiger partial charge on any atom is 0.232 e. The van der Waals surface area contributed by atoms with Crippen LogP contribution in [-0.2, 0) is 6.54 Å². The van der Waals surface area contributed by atoms with Crippen molar-refractivity contribution < 1.29 is 4.39 Å². The Morgan fingerprint density at radius 2 is 1.81 bits per heavy atom. The summed E-state index contributed by atoms with van der Waals surface area (Å²) < 4.78 is 13.1. The van der Waals surface area contributed by atoms with Crippen molar-refractivity contribution in [2.45, 2.75) is 25.4 Å². The molecule has 7 heteroatoms. The van der Waals surface area contributed by atoms with Gasteiger partial charge in [-0.2, -0.15) is 15.0 Å². The Morgan fingerprint density at radius 1 is 1.04 bits per heavy atom. The molecule has 0 amide bonds. The Labute approximate surface area is 157 Å². The molecule has 0 spiro atoms. The monoisotopic (exact) mass is 364 g/mol. The molecule has 0 radical (unpaired) electrons. The number of halogens is 1. The van der Waals surface area contributed by atoms with Gasteiger partial charge in [0, 0.05) is 11.7 Å². The standard InChI is InChI=1S/C20H21FN6/c21-15-8-10-16(11-9-15)23-20-25-18(24-19(22)26-20)13-27-12-4-7-17(27)14-5-2-1-3-6-14/h1-3,5-6,8-11,17H,4,7,12-13H2,(H3,22,23,24,25,26). The summed E-state index contributed by atoms with van der Waals surface area (Å²) in [5.41, 5.74) is 7.87. The van der Waals surface area contributed by atoms with Crippen molar-refractivity contribution in [1.82, 2.24) is 19.9 Å². The Kier molecular flexibility index (Phi) is 4.93. The van der Waals surface area contributed by atoms with Crippen molar-refractivity contribution in [3.63, 3.8) is 0 Å². The molecule has 0 aliphatic carbocycles. The summed E-state index contributed by atoms with van der Waals surface area (Å²) in [6, 6.07) is 16.8. The number of rotatable bonds is 5. The van der Waals surface area contributed by atoms with Gasteiger partial charge in [-0.3, -0.25) is 4.90 Å². The van der Waals surface area contributed by atoms with Crippen LogP contribution in [0.2, 0.25) is 0 Å². The van der Waals surface area contributed by atoms with Crippen LogP contribution in [0.25, 0.3) is 0 Å². The van der Waals surface area contributed by atoms with Crippen LogP contribution in [-0.4, -0.2) is 26.4 Å². The molecule has 27 heavy (non-hydrogen) atoms. The Balaban J connectivity index is 1.52. The van der Waals surface area contributed by atoms with E-state index in [-0.39, 0.29) is 11.8 Å². The summed E-state index contributed by atoms with van der Waals surface area (Å²) in [7, 11) is 0. The maximum absolute atomic E-state index is 13.1. The quantitative estimate of drug-likeness (QED) is 0.719. The minimum atomic E-state index is -0.294. The number of nitrogen functional groups attached to an aromatic ring is 1. The van der Waals surface area contributed by atoms with E-state index in [1.165, 1.54) is 17.7 Å². The first-order valence-corrected chi connectivity index (χ1v) is 8.99. The van der Waals surface area contributed by atoms with E-state index in [2.05, 4.69) is 49.4 Å². The van der Waals surface area contributed by atoms with E-state index in [1.54, 1.807) is 12.1 Å². The number of benzene rings is 2. The predicted octanol–water partition coefficient (Wildman–Crippen LogP) is 3.67. The van der Waals surface area contributed by atoms with Crippen LogP contribution in [0.3, 0.4) is 0 Å². The van der Waals surface area contributed by atoms with E-state index in [1.807, 2.05) is 6.07 Å². The molecule has 1 fully saturated rings. The molecule has 6 nitrogen and oxygen atoms in total. The second-order valence-corrected chi connectivity index (χ2v) is 6.60. The highest BCUT2D eigenvalue weighted by molar-refractivity contribution is 5.53. The molecular formula is C20H21FN6. The average Bonchev–Trinajstić information content (AvgIpc) is 3.12. The number of likely N-dealkylation sites (tertiary alicyclic amines) is 1. The fourth-order valence-corrected chi connectivity index (χ4v) is 3.48. The maximum atomic E-state index is 13.1. The van der Waals surface area contributed by atoms with Crippen LogP contribution in [0.15, 0.2) is 54.6 Å². The van der Waals surface area contributed by atoms with Crippen molar-refractivity contribution in [3.05, 3.63) is 71.8 Å². The topological polar surface area (TPSA) is 80.0 Å². The van der Waals surface area contributed by atoms with Gasteiger partial charge in [-0.05, 0) is 49.2 Å². The lowest BCUT2D eigenvalue weighted by atomic mass is 10.0. The molecule has 1 aliphatic rings. The molecule has 138 valence electrons. The zero-order chi connectivity index (χ0) is 18.6. The molecule has 4 rings (SSSR count). The number of nitrogens with zero attached hydrogens (tertiary/aromatic N) is 4. The number of hydrogen-bond acceptors (Lipinski definition) is 6. The fraction of sp³-hybridized carbons (Fsp3) is 0.250. The molecule has 1 atom stereocenters. The predicted molar refractivity (Wildman–Crippen MR) is 103 cm³/mol. The lowest BCUT2D eigenvalue weighted by Crippen LogP contribution is -2.24. The molecule has 1 aliphatic heterocycles. The van der Waals surface area contributed by atoms with E-state index in [9.17, 15) is 4.39 Å². The summed E-state index contributed by atoms with van der Waals surface area (Å²) in [6.07, 6.45) is 2.26. The molecule has 0 saturated carbocycles. The van der Waals surface area contributed by atoms with Crippen molar-refractivity contribution in [1.29, 1.82) is 0 Å². The Bertz CT molecular complexity index is 900. The second kappa shape index (κ2) is 7.67. The minimum absolute atomic E-state index is 0.167. The molecule has 3 N–H and O–H groups in total. The molecule has 3 aromatic rings. The van der Waals surface area contributed by atoms with Gasteiger partial charge in [0.05, 0.1) is 6.54 Å². The van der Waals surface area contributed by atoms with Gasteiger partial charge in [0.15, 0.2) is 0 Å². The van der Waals surface area contributed by atoms with Crippen molar-refractivity contribution >= 4 is 17.6 Å². The van der Waals surface area contributed by atoms with E-state index < -0.39 is 0 Å². The van der Waals surface area contributed by atoms with E-state index >= 15 is 0 Å². The van der Waals surface area contributed by atoms with Crippen molar-refractivity contribution in [3.8, 4) is 0 Å². The molecular weight excluding hydrogens is 343 g/mol. The van der Waals surface area contributed by atoms with Gasteiger partial charge >= 0.3 is 0 Å². The first-order valence-electron chi connectivity index (χ1n) is 8.99. The molecule has 2 heterocycles. The van der Waals surface area contributed by atoms with Crippen molar-refractivity contribution in [2.75, 3.05) is 17.6 Å². The Hall–Kier alpha value is -3.06. The summed E-state index contributed by atoms with van der Waals surface area (Å²) >= 11 is 0. The lowest BCUT2D eigenvalue weighted by molar-refractivity contribution is 0.242. The number of nitrogens with two attached hydrogens (primary N) is 1. The second-order valence-electron chi connectivity index (χ2n) is 6.60. The summed E-state index contributed by atoms with van der Waals surface area (Å²) in [5.74, 6) is 0.854. The highest BCUT2D eigenvalue weighted by atomic mass is 19.1. The summed E-state index contributed by atoms with van der Waals surface area (Å²) in [4.78, 5) is 15.3.